The summed E-state index contributed by atoms with van der Waals surface area (Å²) >= 11 is 0. The van der Waals surface area contributed by atoms with Crippen LogP contribution in [0.25, 0.3) is 0 Å². The Morgan fingerprint density at radius 1 is 1.12 bits per heavy atom. The average Bonchev–Trinajstić information content (AvgIpc) is 3.15. The molecule has 1 amide bonds. The number of nitrogens with one attached hydrogen (secondary N) is 2. The Balaban J connectivity index is 1.59. The summed E-state index contributed by atoms with van der Waals surface area (Å²) in [6.07, 6.45) is 6.58. The number of anilines is 3. The fourth-order valence-corrected chi connectivity index (χ4v) is 2.71. The molecule has 1 aromatic heterocycles. The van der Waals surface area contributed by atoms with E-state index in [-0.39, 0.29) is 5.91 Å². The number of hydrogen-bond acceptors (Lipinski definition) is 5. The van der Waals surface area contributed by atoms with Gasteiger partial charge in [0.1, 0.15) is 0 Å². The van der Waals surface area contributed by atoms with E-state index in [9.17, 15) is 4.79 Å². The maximum absolute atomic E-state index is 12.3. The highest BCUT2D eigenvalue weighted by atomic mass is 16.1. The first-order chi connectivity index (χ1) is 11.8. The predicted molar refractivity (Wildman–Crippen MR) is 96.7 cm³/mol. The number of carbonyl (C=O) groups excluding carboxylic acids is 1. The summed E-state index contributed by atoms with van der Waals surface area (Å²) in [4.78, 5) is 22.9. The quantitative estimate of drug-likeness (QED) is 0.854. The molecule has 1 aromatic carbocycles. The van der Waals surface area contributed by atoms with Crippen molar-refractivity contribution in [3.63, 3.8) is 0 Å². The van der Waals surface area contributed by atoms with Crippen LogP contribution in [0.3, 0.4) is 0 Å². The van der Waals surface area contributed by atoms with Crippen LogP contribution in [0.5, 0.6) is 0 Å². The maximum atomic E-state index is 12.3. The zero-order valence-electron chi connectivity index (χ0n) is 14.0. The van der Waals surface area contributed by atoms with Gasteiger partial charge in [-0.05, 0) is 43.5 Å². The van der Waals surface area contributed by atoms with Crippen LogP contribution >= 0.6 is 0 Å². The number of carbonyl (C=O) groups is 1. The Bertz CT molecular complexity index is 663. The smallest absolute Gasteiger partial charge is 0.258 e. The second-order valence-electron chi connectivity index (χ2n) is 5.92. The van der Waals surface area contributed by atoms with Crippen molar-refractivity contribution >= 4 is 23.2 Å². The number of amides is 1. The molecule has 0 radical (unpaired) electrons. The molecule has 3 rings (SSSR count). The summed E-state index contributed by atoms with van der Waals surface area (Å²) in [5.41, 5.74) is 2.43. The van der Waals surface area contributed by atoms with E-state index in [1.54, 1.807) is 12.4 Å². The molecule has 2 N–H and O–H groups in total. The fourth-order valence-electron chi connectivity index (χ4n) is 2.71. The van der Waals surface area contributed by atoms with Crippen molar-refractivity contribution in [1.29, 1.82) is 0 Å². The molecule has 1 aliphatic rings. The summed E-state index contributed by atoms with van der Waals surface area (Å²) < 4.78 is 0. The Hall–Kier alpha value is -2.63. The minimum absolute atomic E-state index is 0.203. The third-order valence-corrected chi connectivity index (χ3v) is 4.04. The highest BCUT2D eigenvalue weighted by molar-refractivity contribution is 6.03. The van der Waals surface area contributed by atoms with Crippen LogP contribution in [-0.4, -0.2) is 35.5 Å². The highest BCUT2D eigenvalue weighted by Gasteiger charge is 2.12. The minimum Gasteiger partial charge on any atom is -0.372 e. The molecule has 6 heteroatoms. The van der Waals surface area contributed by atoms with E-state index in [1.807, 2.05) is 12.1 Å². The molecule has 0 aliphatic carbocycles. The van der Waals surface area contributed by atoms with Gasteiger partial charge in [0.15, 0.2) is 0 Å². The zero-order valence-corrected chi connectivity index (χ0v) is 14.0. The van der Waals surface area contributed by atoms with E-state index in [2.05, 4.69) is 44.6 Å². The van der Waals surface area contributed by atoms with Gasteiger partial charge in [-0.1, -0.05) is 6.92 Å². The van der Waals surface area contributed by atoms with Crippen molar-refractivity contribution in [2.75, 3.05) is 35.2 Å². The molecular formula is C18H23N5O. The first kappa shape index (κ1) is 16.2. The van der Waals surface area contributed by atoms with Gasteiger partial charge in [0.05, 0.1) is 5.56 Å². The number of benzene rings is 1. The molecule has 2 aromatic rings. The molecule has 1 fully saturated rings. The topological polar surface area (TPSA) is 70.2 Å². The van der Waals surface area contributed by atoms with E-state index >= 15 is 0 Å². The van der Waals surface area contributed by atoms with Crippen molar-refractivity contribution in [3.8, 4) is 0 Å². The van der Waals surface area contributed by atoms with E-state index in [0.29, 0.717) is 11.5 Å². The molecule has 2 heterocycles. The maximum Gasteiger partial charge on any atom is 0.258 e. The number of aromatic nitrogens is 2. The van der Waals surface area contributed by atoms with Gasteiger partial charge in [-0.2, -0.15) is 0 Å². The van der Waals surface area contributed by atoms with Gasteiger partial charge < -0.3 is 15.5 Å². The monoisotopic (exact) mass is 325 g/mol. The lowest BCUT2D eigenvalue weighted by atomic mass is 10.2. The molecule has 24 heavy (non-hydrogen) atoms. The van der Waals surface area contributed by atoms with Gasteiger partial charge in [0, 0.05) is 43.4 Å². The third kappa shape index (κ3) is 4.01. The second-order valence-corrected chi connectivity index (χ2v) is 5.92. The number of rotatable bonds is 6. The van der Waals surface area contributed by atoms with Crippen LogP contribution in [0.4, 0.5) is 17.3 Å². The van der Waals surface area contributed by atoms with E-state index in [1.165, 1.54) is 18.5 Å². The Kier molecular flexibility index (Phi) is 5.25. The zero-order chi connectivity index (χ0) is 16.8. The number of nitrogens with zero attached hydrogens (tertiary/aromatic N) is 3. The van der Waals surface area contributed by atoms with Crippen LogP contribution < -0.4 is 15.5 Å². The minimum atomic E-state index is -0.203. The van der Waals surface area contributed by atoms with Crippen molar-refractivity contribution in [3.05, 3.63) is 42.2 Å². The summed E-state index contributed by atoms with van der Waals surface area (Å²) in [7, 11) is 0. The lowest BCUT2D eigenvalue weighted by Crippen LogP contribution is -2.17. The second kappa shape index (κ2) is 7.77. The van der Waals surface area contributed by atoms with Crippen LogP contribution in [0.1, 0.15) is 36.5 Å². The first-order valence-corrected chi connectivity index (χ1v) is 8.48. The van der Waals surface area contributed by atoms with Gasteiger partial charge in [0.25, 0.3) is 5.91 Å². The van der Waals surface area contributed by atoms with Gasteiger partial charge >= 0.3 is 0 Å². The van der Waals surface area contributed by atoms with E-state index in [4.69, 9.17) is 0 Å². The Morgan fingerprint density at radius 3 is 2.42 bits per heavy atom. The lowest BCUT2D eigenvalue weighted by molar-refractivity contribution is 0.102. The molecule has 0 spiro atoms. The standard InChI is InChI=1S/C18H23N5O/c1-2-9-19-18-20-12-14(13-21-18)17(24)22-15-5-7-16(8-6-15)23-10-3-4-11-23/h5-8,12-13H,2-4,9-11H2,1H3,(H,22,24)(H,19,20,21). The van der Waals surface area contributed by atoms with Crippen molar-refractivity contribution in [2.45, 2.75) is 26.2 Å². The summed E-state index contributed by atoms with van der Waals surface area (Å²) in [5.74, 6) is 0.342. The number of hydrogen-bond donors (Lipinski definition) is 2. The summed E-state index contributed by atoms with van der Waals surface area (Å²) in [6, 6.07) is 7.97. The van der Waals surface area contributed by atoms with Crippen LogP contribution in [0, 0.1) is 0 Å². The lowest BCUT2D eigenvalue weighted by Gasteiger charge is -2.17. The molecule has 1 aliphatic heterocycles. The molecule has 0 atom stereocenters. The summed E-state index contributed by atoms with van der Waals surface area (Å²) in [6.45, 7) is 5.11. The average molecular weight is 325 g/mol. The van der Waals surface area contributed by atoms with Crippen molar-refractivity contribution in [2.24, 2.45) is 0 Å². The SMILES string of the molecule is CCCNc1ncc(C(=O)Nc2ccc(N3CCCC3)cc2)cn1. The Labute approximate surface area is 142 Å². The first-order valence-electron chi connectivity index (χ1n) is 8.48. The van der Waals surface area contributed by atoms with Gasteiger partial charge in [-0.25, -0.2) is 9.97 Å². The van der Waals surface area contributed by atoms with Gasteiger partial charge in [-0.15, -0.1) is 0 Å². The third-order valence-electron chi connectivity index (χ3n) is 4.04. The molecule has 0 bridgehead atoms. The molecule has 6 nitrogen and oxygen atoms in total. The largest absolute Gasteiger partial charge is 0.372 e. The van der Waals surface area contributed by atoms with Crippen molar-refractivity contribution < 1.29 is 4.79 Å². The molecule has 1 saturated heterocycles. The molecule has 0 saturated carbocycles. The predicted octanol–water partition coefficient (Wildman–Crippen LogP) is 3.15. The van der Waals surface area contributed by atoms with Gasteiger partial charge in [0.2, 0.25) is 5.95 Å². The van der Waals surface area contributed by atoms with Crippen molar-refractivity contribution in [1.82, 2.24) is 9.97 Å². The summed E-state index contributed by atoms with van der Waals surface area (Å²) in [5, 5.41) is 5.97. The van der Waals surface area contributed by atoms with Crippen LogP contribution in [-0.2, 0) is 0 Å². The van der Waals surface area contributed by atoms with E-state index in [0.717, 1.165) is 31.7 Å². The molecular weight excluding hydrogens is 302 g/mol. The Morgan fingerprint density at radius 2 is 1.79 bits per heavy atom. The van der Waals surface area contributed by atoms with Crippen LogP contribution in [0.2, 0.25) is 0 Å². The van der Waals surface area contributed by atoms with Gasteiger partial charge in [-0.3, -0.25) is 4.79 Å². The molecule has 0 unspecified atom stereocenters. The fraction of sp³-hybridized carbons (Fsp3) is 0.389. The normalized spacial score (nSPS) is 13.8. The van der Waals surface area contributed by atoms with Crippen LogP contribution in [0.15, 0.2) is 36.7 Å². The molecule has 126 valence electrons. The highest BCUT2D eigenvalue weighted by Crippen LogP contribution is 2.22. The van der Waals surface area contributed by atoms with E-state index < -0.39 is 0 Å².